The first-order valence-electron chi connectivity index (χ1n) is 6.53. The van der Waals surface area contributed by atoms with Crippen LogP contribution in [0, 0.1) is 6.92 Å². The molecule has 1 heterocycles. The number of amides is 1. The van der Waals surface area contributed by atoms with Gasteiger partial charge >= 0.3 is 0 Å². The molecule has 2 rings (SSSR count). The maximum atomic E-state index is 12.1. The van der Waals surface area contributed by atoms with Crippen molar-refractivity contribution in [3.63, 3.8) is 0 Å². The van der Waals surface area contributed by atoms with E-state index in [1.165, 1.54) is 17.3 Å². The van der Waals surface area contributed by atoms with Gasteiger partial charge in [-0.1, -0.05) is 17.7 Å². The van der Waals surface area contributed by atoms with Gasteiger partial charge in [0.2, 0.25) is 5.91 Å². The number of carbonyl (C=O) groups excluding carboxylic acids is 1. The molecule has 0 unspecified atom stereocenters. The van der Waals surface area contributed by atoms with Gasteiger partial charge in [-0.3, -0.25) is 4.79 Å². The smallest absolute Gasteiger partial charge is 0.232 e. The molecule has 0 saturated carbocycles. The van der Waals surface area contributed by atoms with Crippen LogP contribution in [0.2, 0.25) is 0 Å². The molecule has 1 saturated heterocycles. The number of hydrogen-bond donors (Lipinski definition) is 0. The standard InChI is InChI=1S/C14H19NO3S2/c1-11-3-5-13(6-4-11)19-9-14(16)15(2)12-7-8-20(17,18)10-12/h3-6,12H,7-10H2,1-2H3/t12-/m0/s1. The maximum Gasteiger partial charge on any atom is 0.232 e. The van der Waals surface area contributed by atoms with Crippen LogP contribution in [0.15, 0.2) is 29.2 Å². The van der Waals surface area contributed by atoms with Gasteiger partial charge in [0, 0.05) is 18.0 Å². The molecule has 20 heavy (non-hydrogen) atoms. The first kappa shape index (κ1) is 15.4. The Hall–Kier alpha value is -1.01. The van der Waals surface area contributed by atoms with Crippen molar-refractivity contribution in [1.82, 2.24) is 4.90 Å². The Labute approximate surface area is 124 Å². The summed E-state index contributed by atoms with van der Waals surface area (Å²) in [6.45, 7) is 2.02. The van der Waals surface area contributed by atoms with E-state index in [0.717, 1.165) is 4.90 Å². The molecule has 0 bridgehead atoms. The third-order valence-corrected chi connectivity index (χ3v) is 6.28. The highest BCUT2D eigenvalue weighted by Crippen LogP contribution is 2.21. The Balaban J connectivity index is 1.87. The predicted molar refractivity (Wildman–Crippen MR) is 81.7 cm³/mol. The summed E-state index contributed by atoms with van der Waals surface area (Å²) in [5.41, 5.74) is 1.19. The van der Waals surface area contributed by atoms with E-state index in [9.17, 15) is 13.2 Å². The Bertz CT molecular complexity index is 581. The van der Waals surface area contributed by atoms with E-state index in [1.807, 2.05) is 31.2 Å². The summed E-state index contributed by atoms with van der Waals surface area (Å²) in [6.07, 6.45) is 0.555. The van der Waals surface area contributed by atoms with Crippen molar-refractivity contribution < 1.29 is 13.2 Å². The molecule has 1 aromatic rings. The van der Waals surface area contributed by atoms with Gasteiger partial charge in [-0.15, -0.1) is 11.8 Å². The molecular formula is C14H19NO3S2. The number of sulfone groups is 1. The van der Waals surface area contributed by atoms with Gasteiger partial charge in [0.15, 0.2) is 9.84 Å². The Morgan fingerprint density at radius 3 is 2.55 bits per heavy atom. The van der Waals surface area contributed by atoms with Crippen molar-refractivity contribution in [1.29, 1.82) is 0 Å². The molecular weight excluding hydrogens is 294 g/mol. The minimum Gasteiger partial charge on any atom is -0.341 e. The van der Waals surface area contributed by atoms with Crippen LogP contribution in [0.25, 0.3) is 0 Å². The van der Waals surface area contributed by atoms with Crippen LogP contribution in [0.4, 0.5) is 0 Å². The summed E-state index contributed by atoms with van der Waals surface area (Å²) in [5.74, 6) is 0.624. The topological polar surface area (TPSA) is 54.5 Å². The number of carbonyl (C=O) groups is 1. The molecule has 0 N–H and O–H groups in total. The molecule has 1 aliphatic rings. The van der Waals surface area contributed by atoms with E-state index in [0.29, 0.717) is 12.2 Å². The molecule has 1 aromatic carbocycles. The molecule has 0 radical (unpaired) electrons. The van der Waals surface area contributed by atoms with Gasteiger partial charge in [0.25, 0.3) is 0 Å². The van der Waals surface area contributed by atoms with Crippen LogP contribution in [-0.2, 0) is 14.6 Å². The van der Waals surface area contributed by atoms with Crippen LogP contribution in [-0.4, -0.2) is 49.6 Å². The fourth-order valence-corrected chi connectivity index (χ4v) is 4.76. The van der Waals surface area contributed by atoms with E-state index >= 15 is 0 Å². The molecule has 6 heteroatoms. The number of benzene rings is 1. The largest absolute Gasteiger partial charge is 0.341 e. The molecule has 4 nitrogen and oxygen atoms in total. The molecule has 1 fully saturated rings. The van der Waals surface area contributed by atoms with Gasteiger partial charge in [0.05, 0.1) is 17.3 Å². The molecule has 1 amide bonds. The van der Waals surface area contributed by atoms with Crippen LogP contribution in [0.5, 0.6) is 0 Å². The highest BCUT2D eigenvalue weighted by atomic mass is 32.2. The van der Waals surface area contributed by atoms with Crippen molar-refractivity contribution in [2.45, 2.75) is 24.3 Å². The zero-order chi connectivity index (χ0) is 14.8. The Morgan fingerprint density at radius 1 is 1.35 bits per heavy atom. The van der Waals surface area contributed by atoms with Gasteiger partial charge in [-0.25, -0.2) is 8.42 Å². The zero-order valence-electron chi connectivity index (χ0n) is 11.7. The van der Waals surface area contributed by atoms with Crippen LogP contribution in [0.1, 0.15) is 12.0 Å². The third kappa shape index (κ3) is 3.99. The number of thioether (sulfide) groups is 1. The minimum atomic E-state index is -2.95. The normalized spacial score (nSPS) is 20.8. The predicted octanol–water partition coefficient (Wildman–Crippen LogP) is 1.73. The molecule has 0 aliphatic carbocycles. The van der Waals surface area contributed by atoms with Crippen LogP contribution >= 0.6 is 11.8 Å². The molecule has 1 atom stereocenters. The van der Waals surface area contributed by atoms with Crippen molar-refractivity contribution in [2.24, 2.45) is 0 Å². The molecule has 0 aromatic heterocycles. The number of rotatable bonds is 4. The van der Waals surface area contributed by atoms with Gasteiger partial charge in [-0.05, 0) is 25.5 Å². The van der Waals surface area contributed by atoms with Gasteiger partial charge < -0.3 is 4.90 Å². The molecule has 1 aliphatic heterocycles. The van der Waals surface area contributed by atoms with E-state index < -0.39 is 9.84 Å². The lowest BCUT2D eigenvalue weighted by Gasteiger charge is -2.23. The summed E-state index contributed by atoms with van der Waals surface area (Å²) in [4.78, 5) is 14.7. The summed E-state index contributed by atoms with van der Waals surface area (Å²) >= 11 is 1.48. The van der Waals surface area contributed by atoms with Crippen LogP contribution in [0.3, 0.4) is 0 Å². The lowest BCUT2D eigenvalue weighted by molar-refractivity contribution is -0.128. The minimum absolute atomic E-state index is 0.0160. The summed E-state index contributed by atoms with van der Waals surface area (Å²) in [6, 6.07) is 7.85. The highest BCUT2D eigenvalue weighted by Gasteiger charge is 2.32. The van der Waals surface area contributed by atoms with Crippen molar-refractivity contribution in [2.75, 3.05) is 24.3 Å². The quantitative estimate of drug-likeness (QED) is 0.795. The Kier molecular flexibility index (Phi) is 4.75. The SMILES string of the molecule is Cc1ccc(SCC(=O)N(C)[C@H]2CCS(=O)(=O)C2)cc1. The van der Waals surface area contributed by atoms with Crippen LogP contribution < -0.4 is 0 Å². The van der Waals surface area contributed by atoms with E-state index in [1.54, 1.807) is 11.9 Å². The van der Waals surface area contributed by atoms with Crippen molar-refractivity contribution >= 4 is 27.5 Å². The number of hydrogen-bond acceptors (Lipinski definition) is 4. The summed E-state index contributed by atoms with van der Waals surface area (Å²) in [5, 5.41) is 0. The monoisotopic (exact) mass is 313 g/mol. The Morgan fingerprint density at radius 2 is 2.00 bits per heavy atom. The summed E-state index contributed by atoms with van der Waals surface area (Å²) < 4.78 is 22.9. The second-order valence-electron chi connectivity index (χ2n) is 5.16. The number of nitrogens with zero attached hydrogens (tertiary/aromatic N) is 1. The average Bonchev–Trinajstić information content (AvgIpc) is 2.77. The lowest BCUT2D eigenvalue weighted by atomic mass is 10.2. The number of aryl methyl sites for hydroxylation is 1. The first-order valence-corrected chi connectivity index (χ1v) is 9.34. The van der Waals surface area contributed by atoms with E-state index in [2.05, 4.69) is 0 Å². The summed E-state index contributed by atoms with van der Waals surface area (Å²) in [7, 11) is -1.25. The maximum absolute atomic E-state index is 12.1. The molecule has 0 spiro atoms. The van der Waals surface area contributed by atoms with E-state index in [4.69, 9.17) is 0 Å². The first-order chi connectivity index (χ1) is 9.37. The van der Waals surface area contributed by atoms with Crippen molar-refractivity contribution in [3.8, 4) is 0 Å². The lowest BCUT2D eigenvalue weighted by Crippen LogP contribution is -2.38. The average molecular weight is 313 g/mol. The van der Waals surface area contributed by atoms with Gasteiger partial charge in [-0.2, -0.15) is 0 Å². The highest BCUT2D eigenvalue weighted by molar-refractivity contribution is 8.00. The van der Waals surface area contributed by atoms with Gasteiger partial charge in [0.1, 0.15) is 0 Å². The third-order valence-electron chi connectivity index (χ3n) is 3.53. The zero-order valence-corrected chi connectivity index (χ0v) is 13.3. The van der Waals surface area contributed by atoms with Crippen molar-refractivity contribution in [3.05, 3.63) is 29.8 Å². The second kappa shape index (κ2) is 6.18. The fraction of sp³-hybridized carbons (Fsp3) is 0.500. The second-order valence-corrected chi connectivity index (χ2v) is 8.44. The molecule has 110 valence electrons. The fourth-order valence-electron chi connectivity index (χ4n) is 2.17. The van der Waals surface area contributed by atoms with E-state index in [-0.39, 0.29) is 23.5 Å².